The van der Waals surface area contributed by atoms with Crippen LogP contribution in [0.5, 0.6) is 0 Å². The second kappa shape index (κ2) is 79.9. The third-order valence-electron chi connectivity index (χ3n) is 14.5. The van der Waals surface area contributed by atoms with Crippen molar-refractivity contribution in [3.8, 4) is 0 Å². The van der Waals surface area contributed by atoms with Crippen molar-refractivity contribution < 1.29 is 142 Å². The molecule has 2 N–H and O–H groups in total. The predicted molar refractivity (Wildman–Crippen MR) is 393 cm³/mol. The van der Waals surface area contributed by atoms with Gasteiger partial charge in [-0.05, 0) is 30.0 Å². The van der Waals surface area contributed by atoms with Crippen LogP contribution in [0.2, 0.25) is 0 Å². The minimum Gasteiger partial charge on any atom is -0.461 e. The lowest BCUT2D eigenvalue weighted by molar-refractivity contribution is -0.142. The number of rotatable bonds is 86. The average molecular weight is 1550 g/mol. The second-order valence-corrected chi connectivity index (χ2v) is 23.8. The van der Waals surface area contributed by atoms with Gasteiger partial charge in [0, 0.05) is 51.6 Å². The Labute approximate surface area is 636 Å². The van der Waals surface area contributed by atoms with E-state index in [4.69, 9.17) is 118 Å². The molecule has 0 aliphatic heterocycles. The molecule has 1 aromatic carbocycles. The highest BCUT2D eigenvalue weighted by Gasteiger charge is 2.28. The fourth-order valence-corrected chi connectivity index (χ4v) is 8.79. The molecule has 1 aromatic rings. The summed E-state index contributed by atoms with van der Waals surface area (Å²) < 4.78 is 137. The number of amides is 3. The number of carbonyl (C=O) groups is 5. The second-order valence-electron chi connectivity index (χ2n) is 23.8. The number of anilines is 1. The number of carbonyl (C=O) groups excluding carboxylic acids is 5. The zero-order chi connectivity index (χ0) is 77.5. The Balaban J connectivity index is 1.76. The number of Topliss-reactive ketones (excluding diaryl/α,β-unsaturated/α-hetero) is 1. The van der Waals surface area contributed by atoms with Crippen molar-refractivity contribution in [3.63, 3.8) is 0 Å². The van der Waals surface area contributed by atoms with E-state index in [9.17, 15) is 24.0 Å². The van der Waals surface area contributed by atoms with Gasteiger partial charge in [-0.3, -0.25) is 24.0 Å². The lowest BCUT2D eigenvalue weighted by atomic mass is 9.92. The Morgan fingerprint density at radius 2 is 0.617 bits per heavy atom. The quantitative estimate of drug-likeness (QED) is 0.0696. The van der Waals surface area contributed by atoms with Crippen molar-refractivity contribution >= 4 is 35.2 Å². The molecule has 0 radical (unpaired) electrons. The first-order chi connectivity index (χ1) is 52.5. The van der Waals surface area contributed by atoms with E-state index in [2.05, 4.69) is 10.6 Å². The molecule has 2 atom stereocenters. The van der Waals surface area contributed by atoms with Crippen molar-refractivity contribution in [2.24, 2.45) is 11.8 Å². The molecule has 3 amide bonds. The monoisotopic (exact) mass is 1550 g/mol. The van der Waals surface area contributed by atoms with Crippen molar-refractivity contribution in [2.45, 2.75) is 73.0 Å². The van der Waals surface area contributed by atoms with E-state index < -0.39 is 12.0 Å². The molecule has 0 aromatic heterocycles. The Morgan fingerprint density at radius 1 is 0.355 bits per heavy atom. The molecule has 0 saturated heterocycles. The highest BCUT2D eigenvalue weighted by molar-refractivity contribution is 5.97. The fourth-order valence-electron chi connectivity index (χ4n) is 8.79. The van der Waals surface area contributed by atoms with E-state index in [0.717, 1.165) is 5.56 Å². The highest BCUT2D eigenvalue weighted by Crippen LogP contribution is 2.16. The van der Waals surface area contributed by atoms with E-state index in [1.165, 1.54) is 6.92 Å². The summed E-state index contributed by atoms with van der Waals surface area (Å²) in [5.74, 6) is -2.35. The molecule has 0 aliphatic carbocycles. The molecule has 33 nitrogen and oxygen atoms in total. The normalized spacial score (nSPS) is 12.1. The maximum atomic E-state index is 13.3. The summed E-state index contributed by atoms with van der Waals surface area (Å²) in [6, 6.07) is 6.07. The number of hydrogen-bond acceptors (Lipinski definition) is 30. The zero-order valence-electron chi connectivity index (χ0n) is 65.4. The Morgan fingerprint density at radius 3 is 0.860 bits per heavy atom. The molecular formula is C74H135N3O30. The molecular weight excluding hydrogens is 1410 g/mol. The molecule has 0 fully saturated rings. The minimum atomic E-state index is -0.792. The lowest BCUT2D eigenvalue weighted by Gasteiger charge is -2.25. The third-order valence-corrected chi connectivity index (χ3v) is 14.5. The number of hydrogen-bond donors (Lipinski definition) is 2. The van der Waals surface area contributed by atoms with Gasteiger partial charge >= 0.3 is 5.97 Å². The van der Waals surface area contributed by atoms with Crippen LogP contribution in [-0.2, 0) is 149 Å². The van der Waals surface area contributed by atoms with Crippen LogP contribution in [0.3, 0.4) is 0 Å². The van der Waals surface area contributed by atoms with Gasteiger partial charge < -0.3 is 134 Å². The van der Waals surface area contributed by atoms with Crippen LogP contribution < -0.4 is 10.6 Å². The summed E-state index contributed by atoms with van der Waals surface area (Å²) in [7, 11) is 1.64. The summed E-state index contributed by atoms with van der Waals surface area (Å²) in [5, 5.41) is 5.63. The minimum absolute atomic E-state index is 0.0207. The van der Waals surface area contributed by atoms with Gasteiger partial charge in [-0.15, -0.1) is 0 Å². The van der Waals surface area contributed by atoms with Gasteiger partial charge in [0.25, 0.3) is 0 Å². The van der Waals surface area contributed by atoms with Gasteiger partial charge in [-0.1, -0.05) is 39.8 Å². The molecule has 0 saturated carbocycles. The van der Waals surface area contributed by atoms with Crippen LogP contribution in [-0.4, -0.2) is 371 Å². The third kappa shape index (κ3) is 70.7. The summed E-state index contributed by atoms with van der Waals surface area (Å²) in [4.78, 5) is 65.0. The molecule has 0 aliphatic rings. The van der Waals surface area contributed by atoms with Crippen molar-refractivity contribution in [1.29, 1.82) is 0 Å². The number of esters is 1. The number of nitrogens with zero attached hydrogens (tertiary/aromatic N) is 1. The SMILES string of the molecule is CCCN(CCC(=O)N[C@H](C(=O)C[C@@H](C)C(=O)Nc1ccc(COC(C)=O)cc1)C(C)C)C(=O)CCOCCOCCOCCOCCOCCOCCOCCOCCOCCOCCOCCOCCOCCOCCOCCOCCOCCOCCOCCOCCOCCOCCOCCOC. The first-order valence-corrected chi connectivity index (χ1v) is 37.9. The first kappa shape index (κ1) is 101. The topological polar surface area (TPSA) is 343 Å². The maximum absolute atomic E-state index is 13.3. The molecule has 0 unspecified atom stereocenters. The number of ether oxygens (including phenoxy) is 25. The Kier molecular flexibility index (Phi) is 75.3. The summed E-state index contributed by atoms with van der Waals surface area (Å²) >= 11 is 0. The van der Waals surface area contributed by atoms with Crippen LogP contribution in [0.15, 0.2) is 24.3 Å². The van der Waals surface area contributed by atoms with Crippen LogP contribution in [0, 0.1) is 11.8 Å². The molecule has 33 heteroatoms. The largest absolute Gasteiger partial charge is 0.461 e. The Bertz CT molecular complexity index is 2130. The molecule has 0 bridgehead atoms. The zero-order valence-corrected chi connectivity index (χ0v) is 65.4. The standard InChI is InChI=1S/C74H135N3O30/c1-7-14-77(15-12-71(80)76-73(65(2)3)70(79)63-66(4)74(82)75-69-10-8-68(9-11-69)64-107-67(5)78)72(81)13-16-84-19-20-86-23-24-88-27-28-90-31-32-92-35-36-94-39-40-96-43-44-98-47-48-100-51-52-102-55-56-104-59-60-106-62-61-105-58-57-103-54-53-101-50-49-99-46-45-97-42-41-95-38-37-93-34-33-91-30-29-89-26-25-87-22-21-85-18-17-83-6/h8-11,65-66,73H,7,12-64H2,1-6H3,(H,75,82)(H,76,80)/t66-,73+/m1/s1. The van der Waals surface area contributed by atoms with Crippen molar-refractivity contribution in [3.05, 3.63) is 29.8 Å². The van der Waals surface area contributed by atoms with E-state index in [0.29, 0.717) is 323 Å². The van der Waals surface area contributed by atoms with E-state index in [1.807, 2.05) is 20.8 Å². The number of nitrogens with one attached hydrogen (secondary N) is 2. The molecule has 1 rings (SSSR count). The predicted octanol–water partition coefficient (Wildman–Crippen LogP) is 3.47. The number of methoxy groups -OCH3 is 1. The molecule has 626 valence electrons. The molecule has 0 spiro atoms. The van der Waals surface area contributed by atoms with E-state index in [-0.39, 0.29) is 74.4 Å². The smallest absolute Gasteiger partial charge is 0.302 e. The van der Waals surface area contributed by atoms with Crippen molar-refractivity contribution in [2.75, 3.05) is 336 Å². The van der Waals surface area contributed by atoms with Gasteiger partial charge in [-0.25, -0.2) is 0 Å². The molecule has 0 heterocycles. The van der Waals surface area contributed by atoms with Crippen LogP contribution in [0.1, 0.15) is 65.9 Å². The van der Waals surface area contributed by atoms with Crippen LogP contribution in [0.4, 0.5) is 5.69 Å². The van der Waals surface area contributed by atoms with E-state index in [1.54, 1.807) is 43.2 Å². The van der Waals surface area contributed by atoms with Gasteiger partial charge in [0.05, 0.1) is 323 Å². The van der Waals surface area contributed by atoms with Crippen molar-refractivity contribution in [1.82, 2.24) is 10.2 Å². The highest BCUT2D eigenvalue weighted by atomic mass is 16.6. The fraction of sp³-hybridized carbons (Fsp3) is 0.851. The van der Waals surface area contributed by atoms with Crippen LogP contribution >= 0.6 is 0 Å². The lowest BCUT2D eigenvalue weighted by Crippen LogP contribution is -2.46. The number of ketones is 1. The average Bonchev–Trinajstić information content (AvgIpc) is 0.875. The molecule has 107 heavy (non-hydrogen) atoms. The summed E-state index contributed by atoms with van der Waals surface area (Å²) in [6.45, 7) is 31.2. The summed E-state index contributed by atoms with van der Waals surface area (Å²) in [6.07, 6.45) is 0.811. The van der Waals surface area contributed by atoms with Gasteiger partial charge in [0.1, 0.15) is 6.61 Å². The summed E-state index contributed by atoms with van der Waals surface area (Å²) in [5.41, 5.74) is 1.31. The van der Waals surface area contributed by atoms with Crippen LogP contribution in [0.25, 0.3) is 0 Å². The van der Waals surface area contributed by atoms with E-state index >= 15 is 0 Å². The van der Waals surface area contributed by atoms with Gasteiger partial charge in [0.15, 0.2) is 5.78 Å². The Hall–Kier alpha value is -4.19. The number of benzene rings is 1. The maximum Gasteiger partial charge on any atom is 0.302 e. The van der Waals surface area contributed by atoms with Gasteiger partial charge in [0.2, 0.25) is 17.7 Å². The first-order valence-electron chi connectivity index (χ1n) is 37.9. The van der Waals surface area contributed by atoms with Gasteiger partial charge in [-0.2, -0.15) is 0 Å².